The van der Waals surface area contributed by atoms with Gasteiger partial charge in [0.2, 0.25) is 0 Å². The second-order valence-corrected chi connectivity index (χ2v) is 10.3. The van der Waals surface area contributed by atoms with E-state index in [9.17, 15) is 48.3 Å². The maximum atomic E-state index is 13.8. The third-order valence-corrected chi connectivity index (χ3v) is 6.56. The van der Waals surface area contributed by atoms with Gasteiger partial charge in [0.05, 0.1) is 19.8 Å². The van der Waals surface area contributed by atoms with Gasteiger partial charge >= 0.3 is 30.2 Å². The molecule has 0 aliphatic carbocycles. The molecule has 0 saturated heterocycles. The summed E-state index contributed by atoms with van der Waals surface area (Å²) in [4.78, 5) is 8.80. The van der Waals surface area contributed by atoms with E-state index < -0.39 is 49.9 Å². The fourth-order valence-electron chi connectivity index (χ4n) is 3.95. The quantitative estimate of drug-likeness (QED) is 0.0980. The van der Waals surface area contributed by atoms with Crippen molar-refractivity contribution < 1.29 is 62.5 Å². The van der Waals surface area contributed by atoms with Crippen LogP contribution in [0.1, 0.15) is 70.3 Å². The van der Waals surface area contributed by atoms with Crippen molar-refractivity contribution >= 4 is 0 Å². The smallest absolute Gasteiger partial charge is 0.460 e. The Kier molecular flexibility index (Phi) is 14.3. The Morgan fingerprint density at radius 1 is 0.622 bits per heavy atom. The normalized spacial score (nSPS) is 13.3. The highest BCUT2D eigenvalue weighted by atomic mass is 19.4. The zero-order valence-corrected chi connectivity index (χ0v) is 24.4. The van der Waals surface area contributed by atoms with Crippen molar-refractivity contribution in [2.45, 2.75) is 101 Å². The molecule has 45 heavy (non-hydrogen) atoms. The number of ether oxygens (including phenoxy) is 3. The van der Waals surface area contributed by atoms with E-state index in [1.807, 2.05) is 0 Å². The van der Waals surface area contributed by atoms with Gasteiger partial charge in [-0.2, -0.15) is 48.3 Å². The average Bonchev–Trinajstić information content (AvgIpc) is 2.97. The zero-order chi connectivity index (χ0) is 33.8. The van der Waals surface area contributed by atoms with Crippen molar-refractivity contribution in [3.63, 3.8) is 0 Å². The Labute approximate surface area is 253 Å². The lowest BCUT2D eigenvalue weighted by Crippen LogP contribution is -2.61. The molecule has 2 rings (SSSR count). The third kappa shape index (κ3) is 11.5. The number of halogens is 11. The minimum Gasteiger partial charge on any atom is -0.494 e. The minimum absolute atomic E-state index is 0.0108. The number of hydrogen-bond acceptors (Lipinski definition) is 5. The number of aryl methyl sites for hydroxylation is 1. The summed E-state index contributed by atoms with van der Waals surface area (Å²) in [7, 11) is 0. The molecule has 0 spiro atoms. The SMILES string of the molecule is CCCCCCCCc1cnc(-c2ccc(OCCCCC(F)(F)OCCOC(F)(F)C(F)(F)C(F)(F)C(F)(F)F)cc2)nc1. The van der Waals surface area contributed by atoms with Gasteiger partial charge in [0.25, 0.3) is 0 Å². The summed E-state index contributed by atoms with van der Waals surface area (Å²) < 4.78 is 155. The van der Waals surface area contributed by atoms with Crippen molar-refractivity contribution in [1.82, 2.24) is 9.97 Å². The Morgan fingerprint density at radius 2 is 1.20 bits per heavy atom. The summed E-state index contributed by atoms with van der Waals surface area (Å²) in [5, 5.41) is 0. The molecule has 2 aromatic rings. The largest absolute Gasteiger partial charge is 0.494 e. The molecule has 0 N–H and O–H groups in total. The molecule has 0 radical (unpaired) electrons. The highest BCUT2D eigenvalue weighted by Gasteiger charge is 2.82. The van der Waals surface area contributed by atoms with Crippen LogP contribution in [0.15, 0.2) is 36.7 Å². The van der Waals surface area contributed by atoms with Crippen LogP contribution in [-0.4, -0.2) is 60.0 Å². The first kappa shape index (κ1) is 38.4. The van der Waals surface area contributed by atoms with Crippen molar-refractivity contribution in [1.29, 1.82) is 0 Å². The van der Waals surface area contributed by atoms with E-state index in [4.69, 9.17) is 4.74 Å². The maximum Gasteiger partial charge on any atom is 0.460 e. The molecule has 0 bridgehead atoms. The lowest BCUT2D eigenvalue weighted by atomic mass is 10.1. The van der Waals surface area contributed by atoms with Gasteiger partial charge in [-0.1, -0.05) is 39.0 Å². The van der Waals surface area contributed by atoms with Gasteiger partial charge in [-0.3, -0.25) is 0 Å². The lowest BCUT2D eigenvalue weighted by molar-refractivity contribution is -0.445. The molecule has 1 aromatic heterocycles. The van der Waals surface area contributed by atoms with E-state index >= 15 is 0 Å². The second kappa shape index (κ2) is 16.7. The van der Waals surface area contributed by atoms with Gasteiger partial charge in [0, 0.05) is 24.4 Å². The number of benzene rings is 1. The van der Waals surface area contributed by atoms with Crippen LogP contribution in [0.2, 0.25) is 0 Å². The second-order valence-electron chi connectivity index (χ2n) is 10.3. The van der Waals surface area contributed by atoms with E-state index in [1.165, 1.54) is 25.7 Å². The van der Waals surface area contributed by atoms with Crippen LogP contribution in [0.25, 0.3) is 11.4 Å². The predicted molar refractivity (Wildman–Crippen MR) is 142 cm³/mol. The van der Waals surface area contributed by atoms with E-state index in [0.717, 1.165) is 30.4 Å². The molecule has 0 aliphatic rings. The summed E-state index contributed by atoms with van der Waals surface area (Å²) in [6.45, 7) is -1.13. The molecule has 0 aliphatic heterocycles. The summed E-state index contributed by atoms with van der Waals surface area (Å²) in [6.07, 6.45) is -6.72. The third-order valence-electron chi connectivity index (χ3n) is 6.56. The van der Waals surface area contributed by atoms with Crippen LogP contribution in [0.5, 0.6) is 5.75 Å². The number of hydrogen-bond donors (Lipinski definition) is 0. The highest BCUT2D eigenvalue weighted by molar-refractivity contribution is 5.55. The first-order valence-corrected chi connectivity index (χ1v) is 14.3. The van der Waals surface area contributed by atoms with E-state index in [2.05, 4.69) is 26.4 Å². The molecule has 1 aromatic carbocycles. The zero-order valence-electron chi connectivity index (χ0n) is 24.4. The van der Waals surface area contributed by atoms with E-state index in [1.54, 1.807) is 36.7 Å². The standard InChI is InChI=1S/C29H35F11N2O3/c1-2-3-4-5-6-7-10-21-19-41-24(42-20-21)22-11-13-23(14-12-22)43-16-9-8-15-25(30,31)44-17-18-45-29(39,40)27(34,35)26(32,33)28(36,37)38/h11-14,19-20H,2-10,15-18H2,1H3. The molecule has 256 valence electrons. The Balaban J connectivity index is 1.68. The molecule has 0 fully saturated rings. The van der Waals surface area contributed by atoms with Crippen molar-refractivity contribution in [2.75, 3.05) is 19.8 Å². The Hall–Kier alpha value is -2.75. The van der Waals surface area contributed by atoms with Gasteiger partial charge in [-0.25, -0.2) is 9.97 Å². The molecule has 1 heterocycles. The van der Waals surface area contributed by atoms with Crippen molar-refractivity contribution in [3.05, 3.63) is 42.2 Å². The average molecular weight is 669 g/mol. The van der Waals surface area contributed by atoms with Crippen LogP contribution in [0, 0.1) is 0 Å². The van der Waals surface area contributed by atoms with Crippen molar-refractivity contribution in [2.24, 2.45) is 0 Å². The summed E-state index contributed by atoms with van der Waals surface area (Å²) in [5.41, 5.74) is 1.79. The fraction of sp³-hybridized carbons (Fsp3) is 0.655. The van der Waals surface area contributed by atoms with Gasteiger partial charge in [0.1, 0.15) is 5.75 Å². The molecule has 5 nitrogen and oxygen atoms in total. The fourth-order valence-corrected chi connectivity index (χ4v) is 3.95. The molecular formula is C29H35F11N2O3. The monoisotopic (exact) mass is 668 g/mol. The Bertz CT molecular complexity index is 1130. The number of unbranched alkanes of at least 4 members (excludes halogenated alkanes) is 6. The number of rotatable bonds is 21. The first-order chi connectivity index (χ1) is 20.9. The molecule has 16 heteroatoms. The maximum absolute atomic E-state index is 13.8. The first-order valence-electron chi connectivity index (χ1n) is 14.3. The van der Waals surface area contributed by atoms with E-state index in [-0.39, 0.29) is 19.4 Å². The minimum atomic E-state index is -7.15. The van der Waals surface area contributed by atoms with Gasteiger partial charge < -0.3 is 14.2 Å². The van der Waals surface area contributed by atoms with Crippen LogP contribution in [0.3, 0.4) is 0 Å². The van der Waals surface area contributed by atoms with Gasteiger partial charge in [-0.05, 0) is 55.5 Å². The lowest BCUT2D eigenvalue weighted by Gasteiger charge is -2.33. The number of alkyl halides is 11. The molecule has 0 unspecified atom stereocenters. The predicted octanol–water partition coefficient (Wildman–Crippen LogP) is 9.65. The van der Waals surface area contributed by atoms with E-state index in [0.29, 0.717) is 11.6 Å². The Morgan fingerprint density at radius 3 is 1.80 bits per heavy atom. The van der Waals surface area contributed by atoms with Crippen LogP contribution in [0.4, 0.5) is 48.3 Å². The number of aromatic nitrogens is 2. The van der Waals surface area contributed by atoms with Crippen LogP contribution in [-0.2, 0) is 15.9 Å². The summed E-state index contributed by atoms with van der Waals surface area (Å²) in [5.74, 6) is -13.2. The van der Waals surface area contributed by atoms with Crippen LogP contribution < -0.4 is 4.74 Å². The van der Waals surface area contributed by atoms with Gasteiger partial charge in [0.15, 0.2) is 5.82 Å². The molecular weight excluding hydrogens is 633 g/mol. The topological polar surface area (TPSA) is 53.5 Å². The van der Waals surface area contributed by atoms with Gasteiger partial charge in [-0.15, -0.1) is 0 Å². The molecule has 0 amide bonds. The summed E-state index contributed by atoms with van der Waals surface area (Å²) >= 11 is 0. The molecule has 0 saturated carbocycles. The number of nitrogens with zero attached hydrogens (tertiary/aromatic N) is 2. The highest BCUT2D eigenvalue weighted by Crippen LogP contribution is 2.53. The van der Waals surface area contributed by atoms with Crippen LogP contribution >= 0.6 is 0 Å². The summed E-state index contributed by atoms with van der Waals surface area (Å²) in [6, 6.07) is 6.74. The molecule has 0 atom stereocenters. The van der Waals surface area contributed by atoms with Crippen molar-refractivity contribution in [3.8, 4) is 17.1 Å².